The molecule has 0 spiro atoms. The van der Waals surface area contributed by atoms with Crippen molar-refractivity contribution in [2.24, 2.45) is 0 Å². The van der Waals surface area contributed by atoms with E-state index >= 15 is 0 Å². The number of halogens is 1. The predicted molar refractivity (Wildman–Crippen MR) is 80.3 cm³/mol. The van der Waals surface area contributed by atoms with Gasteiger partial charge in [-0.3, -0.25) is 9.59 Å². The van der Waals surface area contributed by atoms with Gasteiger partial charge < -0.3 is 20.3 Å². The molecular formula is C15H18FN3O4. The molecule has 2 N–H and O–H groups in total. The first-order chi connectivity index (χ1) is 11.0. The van der Waals surface area contributed by atoms with Gasteiger partial charge in [0.05, 0.1) is 12.6 Å². The van der Waals surface area contributed by atoms with Crippen LogP contribution in [-0.2, 0) is 14.3 Å². The molecule has 8 heteroatoms. The summed E-state index contributed by atoms with van der Waals surface area (Å²) in [5.41, 5.74) is 0.577. The summed E-state index contributed by atoms with van der Waals surface area (Å²) in [7, 11) is 0. The fourth-order valence-electron chi connectivity index (χ4n) is 2.28. The number of carbonyl (C=O) groups is 3. The summed E-state index contributed by atoms with van der Waals surface area (Å²) in [4.78, 5) is 36.3. The molecule has 0 unspecified atom stereocenters. The van der Waals surface area contributed by atoms with Crippen LogP contribution in [0.2, 0.25) is 0 Å². The van der Waals surface area contributed by atoms with Crippen molar-refractivity contribution in [1.82, 2.24) is 10.6 Å². The van der Waals surface area contributed by atoms with Crippen molar-refractivity contribution in [3.05, 3.63) is 30.1 Å². The molecule has 1 aliphatic heterocycles. The molecule has 1 fully saturated rings. The highest BCUT2D eigenvalue weighted by molar-refractivity contribution is 5.96. The number of rotatable bonds is 5. The van der Waals surface area contributed by atoms with E-state index in [4.69, 9.17) is 0 Å². The first-order valence-corrected chi connectivity index (χ1v) is 7.25. The third-order valence-corrected chi connectivity index (χ3v) is 3.30. The maximum atomic E-state index is 12.9. The van der Waals surface area contributed by atoms with Crippen LogP contribution in [0.5, 0.6) is 0 Å². The second kappa shape index (κ2) is 7.57. The Balaban J connectivity index is 1.84. The number of amides is 3. The maximum absolute atomic E-state index is 12.9. The second-order valence-corrected chi connectivity index (χ2v) is 5.01. The van der Waals surface area contributed by atoms with Gasteiger partial charge in [-0.25, -0.2) is 9.18 Å². The molecule has 1 saturated heterocycles. The second-order valence-electron chi connectivity index (χ2n) is 5.01. The van der Waals surface area contributed by atoms with Gasteiger partial charge in [0.1, 0.15) is 12.4 Å². The molecule has 1 aromatic carbocycles. The van der Waals surface area contributed by atoms with Crippen molar-refractivity contribution in [1.29, 1.82) is 0 Å². The van der Waals surface area contributed by atoms with Gasteiger partial charge in [0.15, 0.2) is 0 Å². The van der Waals surface area contributed by atoms with Gasteiger partial charge in [-0.15, -0.1) is 0 Å². The number of benzene rings is 1. The van der Waals surface area contributed by atoms with E-state index in [9.17, 15) is 18.8 Å². The number of hydrogen-bond donors (Lipinski definition) is 2. The Morgan fingerprint density at radius 1 is 1.35 bits per heavy atom. The lowest BCUT2D eigenvalue weighted by Crippen LogP contribution is -2.45. The van der Waals surface area contributed by atoms with Crippen molar-refractivity contribution in [2.75, 3.05) is 24.6 Å². The number of esters is 1. The number of nitrogens with one attached hydrogen (secondary N) is 2. The molecule has 124 valence electrons. The zero-order valence-corrected chi connectivity index (χ0v) is 12.7. The number of carbonyl (C=O) groups excluding carboxylic acids is 3. The highest BCUT2D eigenvalue weighted by atomic mass is 19.1. The molecule has 3 amide bonds. The summed E-state index contributed by atoms with van der Waals surface area (Å²) < 4.78 is 17.6. The molecular weight excluding hydrogens is 305 g/mol. The summed E-state index contributed by atoms with van der Waals surface area (Å²) in [6, 6.07) is 4.64. The minimum atomic E-state index is -0.545. The zero-order valence-electron chi connectivity index (χ0n) is 12.7. The normalized spacial score (nSPS) is 17.0. The maximum Gasteiger partial charge on any atom is 0.325 e. The number of ether oxygens (including phenoxy) is 1. The van der Waals surface area contributed by atoms with E-state index in [0.29, 0.717) is 5.69 Å². The number of hydrogen-bond acceptors (Lipinski definition) is 4. The fourth-order valence-corrected chi connectivity index (χ4v) is 2.28. The summed E-state index contributed by atoms with van der Waals surface area (Å²) in [5.74, 6) is -1.07. The number of urea groups is 1. The molecule has 0 radical (unpaired) electrons. The Kier molecular flexibility index (Phi) is 5.51. The third-order valence-electron chi connectivity index (χ3n) is 3.30. The molecule has 0 aromatic heterocycles. The molecule has 7 nitrogen and oxygen atoms in total. The van der Waals surface area contributed by atoms with Crippen molar-refractivity contribution < 1.29 is 23.5 Å². The summed E-state index contributed by atoms with van der Waals surface area (Å²) >= 11 is 0. The molecule has 0 saturated carbocycles. The monoisotopic (exact) mass is 323 g/mol. The molecule has 23 heavy (non-hydrogen) atoms. The quantitative estimate of drug-likeness (QED) is 0.784. The summed E-state index contributed by atoms with van der Waals surface area (Å²) in [6.45, 7) is 1.97. The number of anilines is 1. The van der Waals surface area contributed by atoms with Crippen LogP contribution in [0.3, 0.4) is 0 Å². The van der Waals surface area contributed by atoms with Crippen LogP contribution < -0.4 is 15.5 Å². The molecule has 1 aromatic rings. The van der Waals surface area contributed by atoms with Crippen molar-refractivity contribution in [2.45, 2.75) is 19.4 Å². The Morgan fingerprint density at radius 3 is 2.70 bits per heavy atom. The Morgan fingerprint density at radius 2 is 2.04 bits per heavy atom. The minimum absolute atomic E-state index is 0.143. The van der Waals surface area contributed by atoms with E-state index in [1.54, 1.807) is 6.92 Å². The van der Waals surface area contributed by atoms with E-state index in [2.05, 4.69) is 15.4 Å². The number of nitrogens with zero attached hydrogens (tertiary/aromatic N) is 1. The van der Waals surface area contributed by atoms with Gasteiger partial charge in [0.25, 0.3) is 0 Å². The van der Waals surface area contributed by atoms with Crippen LogP contribution in [0.25, 0.3) is 0 Å². The zero-order chi connectivity index (χ0) is 16.8. The van der Waals surface area contributed by atoms with Crippen LogP contribution >= 0.6 is 0 Å². The average molecular weight is 323 g/mol. The largest absolute Gasteiger partial charge is 0.465 e. The predicted octanol–water partition coefficient (Wildman–Crippen LogP) is 0.793. The summed E-state index contributed by atoms with van der Waals surface area (Å²) in [6.07, 6.45) is 0.143. The smallest absolute Gasteiger partial charge is 0.325 e. The lowest BCUT2D eigenvalue weighted by atomic mass is 10.2. The van der Waals surface area contributed by atoms with Crippen LogP contribution in [0.1, 0.15) is 13.3 Å². The Hall–Kier alpha value is -2.64. The minimum Gasteiger partial charge on any atom is -0.465 e. The Labute approximate surface area is 132 Å². The van der Waals surface area contributed by atoms with Gasteiger partial charge in [-0.05, 0) is 31.2 Å². The van der Waals surface area contributed by atoms with Crippen LogP contribution in [0, 0.1) is 5.82 Å². The van der Waals surface area contributed by atoms with Gasteiger partial charge in [-0.2, -0.15) is 0 Å². The highest BCUT2D eigenvalue weighted by Gasteiger charge is 2.31. The third kappa shape index (κ3) is 4.67. The molecule has 1 atom stereocenters. The molecule has 0 bridgehead atoms. The van der Waals surface area contributed by atoms with Crippen molar-refractivity contribution in [3.63, 3.8) is 0 Å². The first-order valence-electron chi connectivity index (χ1n) is 7.25. The lowest BCUT2D eigenvalue weighted by Gasteiger charge is -2.17. The van der Waals surface area contributed by atoms with Crippen LogP contribution in [-0.4, -0.2) is 43.6 Å². The average Bonchev–Trinajstić information content (AvgIpc) is 2.87. The molecule has 1 aliphatic rings. The fraction of sp³-hybridized carbons (Fsp3) is 0.400. The van der Waals surface area contributed by atoms with E-state index in [0.717, 1.165) is 0 Å². The lowest BCUT2D eigenvalue weighted by molar-refractivity contribution is -0.141. The molecule has 1 heterocycles. The van der Waals surface area contributed by atoms with Crippen LogP contribution in [0.15, 0.2) is 24.3 Å². The van der Waals surface area contributed by atoms with Crippen molar-refractivity contribution in [3.8, 4) is 0 Å². The standard InChI is InChI=1S/C15H18FN3O4/c1-2-23-14(21)8-17-15(22)18-11-7-13(20)19(9-11)12-5-3-10(16)4-6-12/h3-6,11H,2,7-9H2,1H3,(H2,17,18,22)/t11-/m1/s1. The van der Waals surface area contributed by atoms with Gasteiger partial charge in [0, 0.05) is 18.7 Å². The van der Waals surface area contributed by atoms with Gasteiger partial charge in [0.2, 0.25) is 5.91 Å². The van der Waals surface area contributed by atoms with Gasteiger partial charge >= 0.3 is 12.0 Å². The van der Waals surface area contributed by atoms with Crippen LogP contribution in [0.4, 0.5) is 14.9 Å². The Bertz CT molecular complexity index is 591. The van der Waals surface area contributed by atoms with E-state index in [-0.39, 0.29) is 43.9 Å². The van der Waals surface area contributed by atoms with E-state index in [1.807, 2.05) is 0 Å². The van der Waals surface area contributed by atoms with Crippen molar-refractivity contribution >= 4 is 23.6 Å². The van der Waals surface area contributed by atoms with E-state index in [1.165, 1.54) is 29.2 Å². The topological polar surface area (TPSA) is 87.7 Å². The van der Waals surface area contributed by atoms with E-state index < -0.39 is 12.0 Å². The SMILES string of the molecule is CCOC(=O)CNC(=O)N[C@@H]1CC(=O)N(c2ccc(F)cc2)C1. The molecule has 2 rings (SSSR count). The summed E-state index contributed by atoms with van der Waals surface area (Å²) in [5, 5.41) is 4.99. The first kappa shape index (κ1) is 16.7. The molecule has 0 aliphatic carbocycles. The van der Waals surface area contributed by atoms with Gasteiger partial charge in [-0.1, -0.05) is 0 Å². The highest BCUT2D eigenvalue weighted by Crippen LogP contribution is 2.21.